The van der Waals surface area contributed by atoms with Gasteiger partial charge in [0, 0.05) is 11.4 Å². The maximum atomic E-state index is 6.11. The highest BCUT2D eigenvalue weighted by Gasteiger charge is 2.04. The van der Waals surface area contributed by atoms with E-state index >= 15 is 0 Å². The van der Waals surface area contributed by atoms with Crippen LogP contribution in [0, 0.1) is 0 Å². The molecule has 0 spiro atoms. The number of hydrogen-bond acceptors (Lipinski definition) is 2. The normalized spacial score (nSPS) is 11.3. The van der Waals surface area contributed by atoms with Gasteiger partial charge in [-0.3, -0.25) is 0 Å². The molecule has 0 unspecified atom stereocenters. The fraction of sp³-hybridized carbons (Fsp3) is 0.838. The van der Waals surface area contributed by atoms with Crippen LogP contribution >= 0.6 is 15.9 Å². The molecule has 0 aliphatic heterocycles. The van der Waals surface area contributed by atoms with Gasteiger partial charge in [0.15, 0.2) is 0 Å². The molecule has 0 aromatic heterocycles. The Labute approximate surface area is 259 Å². The largest absolute Gasteiger partial charge is 0.493 e. The number of halogens is 1. The van der Waals surface area contributed by atoms with E-state index in [-0.39, 0.29) is 0 Å². The predicted molar refractivity (Wildman–Crippen MR) is 181 cm³/mol. The maximum absolute atomic E-state index is 6.11. The second-order valence-electron chi connectivity index (χ2n) is 12.1. The molecule has 2 nitrogen and oxygen atoms in total. The number of alkyl halides is 1. The van der Waals surface area contributed by atoms with Crippen molar-refractivity contribution in [2.45, 2.75) is 186 Å². The Morgan fingerprint density at radius 3 is 0.950 bits per heavy atom. The van der Waals surface area contributed by atoms with E-state index in [9.17, 15) is 0 Å². The summed E-state index contributed by atoms with van der Waals surface area (Å²) < 4.78 is 12.2. The summed E-state index contributed by atoms with van der Waals surface area (Å²) in [5.74, 6) is 1.91. The van der Waals surface area contributed by atoms with Crippen LogP contribution in [-0.4, -0.2) is 13.2 Å². The lowest BCUT2D eigenvalue weighted by molar-refractivity contribution is 0.289. The number of benzene rings is 1. The van der Waals surface area contributed by atoms with E-state index < -0.39 is 0 Å². The fourth-order valence-corrected chi connectivity index (χ4v) is 5.82. The molecule has 0 heterocycles. The minimum atomic E-state index is 0.807. The first-order valence-electron chi connectivity index (χ1n) is 17.8. The molecule has 40 heavy (non-hydrogen) atoms. The smallest absolute Gasteiger partial charge is 0.123 e. The monoisotopic (exact) mass is 622 g/mol. The lowest BCUT2D eigenvalue weighted by Crippen LogP contribution is -2.01. The number of ether oxygens (including phenoxy) is 2. The lowest BCUT2D eigenvalue weighted by Gasteiger charge is -2.12. The molecule has 0 aliphatic rings. The first kappa shape index (κ1) is 37.3. The van der Waals surface area contributed by atoms with Crippen molar-refractivity contribution in [3.8, 4) is 11.5 Å². The highest BCUT2D eigenvalue weighted by atomic mass is 79.9. The Morgan fingerprint density at radius 1 is 0.400 bits per heavy atom. The molecule has 0 N–H and O–H groups in total. The lowest BCUT2D eigenvalue weighted by atomic mass is 10.0. The Morgan fingerprint density at radius 2 is 0.675 bits per heavy atom. The van der Waals surface area contributed by atoms with Crippen molar-refractivity contribution in [1.82, 2.24) is 0 Å². The van der Waals surface area contributed by atoms with Crippen molar-refractivity contribution in [3.63, 3.8) is 0 Å². The van der Waals surface area contributed by atoms with E-state index in [1.54, 1.807) is 0 Å². The highest BCUT2D eigenvalue weighted by molar-refractivity contribution is 9.08. The Hall–Kier alpha value is -0.700. The third kappa shape index (κ3) is 24.0. The van der Waals surface area contributed by atoms with Crippen LogP contribution in [0.1, 0.15) is 186 Å². The molecule has 0 bridgehead atoms. The van der Waals surface area contributed by atoms with E-state index in [2.05, 4.69) is 48.0 Å². The summed E-state index contributed by atoms with van der Waals surface area (Å²) in [5, 5.41) is 0.831. The van der Waals surface area contributed by atoms with Gasteiger partial charge in [-0.05, 0) is 30.5 Å². The summed E-state index contributed by atoms with van der Waals surface area (Å²) >= 11 is 3.61. The maximum Gasteiger partial charge on any atom is 0.123 e. The zero-order valence-electron chi connectivity index (χ0n) is 26.9. The summed E-state index contributed by atoms with van der Waals surface area (Å²) in [7, 11) is 0. The predicted octanol–water partition coefficient (Wildman–Crippen LogP) is 13.5. The van der Waals surface area contributed by atoms with Crippen LogP contribution in [0.2, 0.25) is 0 Å². The first-order chi connectivity index (χ1) is 19.8. The molecule has 234 valence electrons. The molecule has 0 saturated carbocycles. The molecule has 3 heteroatoms. The van der Waals surface area contributed by atoms with Gasteiger partial charge in [0.1, 0.15) is 11.5 Å². The van der Waals surface area contributed by atoms with Gasteiger partial charge in [-0.15, -0.1) is 0 Å². The van der Waals surface area contributed by atoms with Crippen LogP contribution in [-0.2, 0) is 5.33 Å². The second kappa shape index (κ2) is 29.8. The molecule has 1 aromatic carbocycles. The zero-order valence-corrected chi connectivity index (χ0v) is 28.5. The first-order valence-corrected chi connectivity index (χ1v) is 18.9. The van der Waals surface area contributed by atoms with Gasteiger partial charge in [0.05, 0.1) is 13.2 Å². The van der Waals surface area contributed by atoms with E-state index in [1.165, 1.54) is 160 Å². The molecule has 0 amide bonds. The van der Waals surface area contributed by atoms with Crippen molar-refractivity contribution < 1.29 is 9.47 Å². The summed E-state index contributed by atoms with van der Waals surface area (Å²) in [5.41, 5.74) is 1.23. The minimum Gasteiger partial charge on any atom is -0.493 e. The molecule has 0 radical (unpaired) electrons. The van der Waals surface area contributed by atoms with Gasteiger partial charge in [0.2, 0.25) is 0 Å². The van der Waals surface area contributed by atoms with Crippen LogP contribution in [0.15, 0.2) is 18.2 Å². The molecule has 1 rings (SSSR count). The van der Waals surface area contributed by atoms with E-state index in [0.717, 1.165) is 42.9 Å². The SMILES string of the molecule is CCCCCCCCCCCCCCCOc1cc(CBr)cc(OCCCCCCCCCCCCCCC)c1. The summed E-state index contributed by atoms with van der Waals surface area (Å²) in [6, 6.07) is 6.38. The molecule has 1 aromatic rings. The molecule has 0 fully saturated rings. The van der Waals surface area contributed by atoms with Gasteiger partial charge in [0.25, 0.3) is 0 Å². The molecule has 0 atom stereocenters. The van der Waals surface area contributed by atoms with Crippen LogP contribution < -0.4 is 9.47 Å². The topological polar surface area (TPSA) is 18.5 Å². The molecule has 0 aliphatic carbocycles. The van der Waals surface area contributed by atoms with Crippen LogP contribution in [0.25, 0.3) is 0 Å². The van der Waals surface area contributed by atoms with Crippen molar-refractivity contribution in [2.75, 3.05) is 13.2 Å². The molecule has 0 saturated heterocycles. The van der Waals surface area contributed by atoms with Crippen molar-refractivity contribution in [3.05, 3.63) is 23.8 Å². The number of unbranched alkanes of at least 4 members (excludes halogenated alkanes) is 24. The van der Waals surface area contributed by atoms with Crippen molar-refractivity contribution in [1.29, 1.82) is 0 Å². The third-order valence-electron chi connectivity index (χ3n) is 8.13. The van der Waals surface area contributed by atoms with Gasteiger partial charge in [-0.1, -0.05) is 184 Å². The van der Waals surface area contributed by atoms with Crippen molar-refractivity contribution >= 4 is 15.9 Å². The standard InChI is InChI=1S/C37H67BrO2/c1-3-5-7-9-11-13-15-17-19-21-23-25-27-29-39-36-31-35(34-38)32-37(33-36)40-30-28-26-24-22-20-18-16-14-12-10-8-6-4-2/h31-33H,3-30,34H2,1-2H3. The average Bonchev–Trinajstić information content (AvgIpc) is 2.97. The van der Waals surface area contributed by atoms with Gasteiger partial charge >= 0.3 is 0 Å². The highest BCUT2D eigenvalue weighted by Crippen LogP contribution is 2.25. The fourth-order valence-electron chi connectivity index (χ4n) is 5.49. The Bertz CT molecular complexity index is 597. The van der Waals surface area contributed by atoms with Gasteiger partial charge in [-0.25, -0.2) is 0 Å². The average molecular weight is 624 g/mol. The summed E-state index contributed by atoms with van der Waals surface area (Å²) in [6.07, 6.45) is 35.9. The number of hydrogen-bond donors (Lipinski definition) is 0. The molecular weight excluding hydrogens is 556 g/mol. The van der Waals surface area contributed by atoms with E-state index in [0.29, 0.717) is 0 Å². The van der Waals surface area contributed by atoms with Crippen LogP contribution in [0.4, 0.5) is 0 Å². The van der Waals surface area contributed by atoms with Crippen molar-refractivity contribution in [2.24, 2.45) is 0 Å². The Kier molecular flexibility index (Phi) is 27.8. The van der Waals surface area contributed by atoms with Gasteiger partial charge in [-0.2, -0.15) is 0 Å². The van der Waals surface area contributed by atoms with Crippen LogP contribution in [0.5, 0.6) is 11.5 Å². The van der Waals surface area contributed by atoms with Gasteiger partial charge < -0.3 is 9.47 Å². The number of rotatable bonds is 31. The zero-order chi connectivity index (χ0) is 28.8. The van der Waals surface area contributed by atoms with E-state index in [4.69, 9.17) is 9.47 Å². The minimum absolute atomic E-state index is 0.807. The third-order valence-corrected chi connectivity index (χ3v) is 8.77. The summed E-state index contributed by atoms with van der Waals surface area (Å²) in [6.45, 7) is 6.20. The van der Waals surface area contributed by atoms with E-state index in [1.807, 2.05) is 0 Å². The second-order valence-corrected chi connectivity index (χ2v) is 12.7. The summed E-state index contributed by atoms with van der Waals surface area (Å²) in [4.78, 5) is 0. The quantitative estimate of drug-likeness (QED) is 0.0605. The molecular formula is C37H67BrO2. The van der Waals surface area contributed by atoms with Crippen LogP contribution in [0.3, 0.4) is 0 Å². The Balaban J connectivity index is 2.01.